The van der Waals surface area contributed by atoms with Crippen molar-refractivity contribution in [3.05, 3.63) is 161 Å². The number of ether oxygens (including phenoxy) is 2. The molecule has 2 aliphatic heterocycles. The lowest BCUT2D eigenvalue weighted by Crippen LogP contribution is -2.37. The average molecular weight is 644 g/mol. The lowest BCUT2D eigenvalue weighted by Gasteiger charge is -2.39. The fourth-order valence-electron chi connectivity index (χ4n) is 8.02. The van der Waals surface area contributed by atoms with Crippen LogP contribution in [-0.2, 0) is 15.8 Å². The highest BCUT2D eigenvalue weighted by molar-refractivity contribution is 7.99. The van der Waals surface area contributed by atoms with Crippen molar-refractivity contribution in [1.29, 1.82) is 0 Å². The van der Waals surface area contributed by atoms with Gasteiger partial charge in [0, 0.05) is 56.1 Å². The van der Waals surface area contributed by atoms with Crippen molar-refractivity contribution in [2.24, 2.45) is 0 Å². The van der Waals surface area contributed by atoms with Crippen molar-refractivity contribution in [3.8, 4) is 16.9 Å². The molecule has 0 bridgehead atoms. The van der Waals surface area contributed by atoms with Gasteiger partial charge in [-0.15, -0.1) is 0 Å². The highest BCUT2D eigenvalue weighted by atomic mass is 32.2. The Hall–Kier alpha value is -4.77. The molecule has 6 aromatic rings. The van der Waals surface area contributed by atoms with E-state index in [9.17, 15) is 0 Å². The summed E-state index contributed by atoms with van der Waals surface area (Å²) >= 11 is 1.78. The minimum Gasteiger partial charge on any atom is -0.472 e. The lowest BCUT2D eigenvalue weighted by atomic mass is 9.77. The highest BCUT2D eigenvalue weighted by Crippen LogP contribution is 2.58. The predicted octanol–water partition coefficient (Wildman–Crippen LogP) is 10.5. The molecule has 0 N–H and O–H groups in total. The molecule has 3 nitrogen and oxygen atoms in total. The maximum atomic E-state index is 7.54. The molecular weight excluding hydrogens is 607 g/mol. The van der Waals surface area contributed by atoms with E-state index in [0.29, 0.717) is 0 Å². The Morgan fingerprint density at radius 1 is 0.646 bits per heavy atom. The number of fused-ring (bicyclic) bond motifs is 8. The molecule has 3 aliphatic rings. The molecule has 9 rings (SSSR count). The monoisotopic (exact) mass is 643 g/mol. The van der Waals surface area contributed by atoms with Crippen LogP contribution in [0.1, 0.15) is 41.7 Å². The fourth-order valence-corrected chi connectivity index (χ4v) is 8.85. The number of hydrogen-bond donors (Lipinski definition) is 0. The summed E-state index contributed by atoms with van der Waals surface area (Å²) < 4.78 is 13.2. The Morgan fingerprint density at radius 3 is 2.02 bits per heavy atom. The second-order valence-electron chi connectivity index (χ2n) is 13.5. The van der Waals surface area contributed by atoms with Gasteiger partial charge in [0.2, 0.25) is 0 Å². The third-order valence-electron chi connectivity index (χ3n) is 10.4. The summed E-state index contributed by atoms with van der Waals surface area (Å²) in [5.41, 5.74) is 9.02. The van der Waals surface area contributed by atoms with Gasteiger partial charge in [0.05, 0.1) is 13.2 Å². The third-order valence-corrected chi connectivity index (χ3v) is 11.4. The van der Waals surface area contributed by atoms with E-state index in [-0.39, 0.29) is 5.41 Å². The average Bonchev–Trinajstić information content (AvgIpc) is 3.39. The molecule has 4 heteroatoms. The van der Waals surface area contributed by atoms with Crippen molar-refractivity contribution in [1.82, 2.24) is 0 Å². The molecule has 1 atom stereocenters. The summed E-state index contributed by atoms with van der Waals surface area (Å²) in [6.07, 6.45) is 4.65. The molecule has 1 unspecified atom stereocenters. The molecule has 236 valence electrons. The summed E-state index contributed by atoms with van der Waals surface area (Å²) in [6.45, 7) is 8.05. The van der Waals surface area contributed by atoms with E-state index in [1.807, 2.05) is 0 Å². The molecule has 0 spiro atoms. The van der Waals surface area contributed by atoms with Crippen molar-refractivity contribution < 1.29 is 9.47 Å². The Kier molecular flexibility index (Phi) is 7.00. The summed E-state index contributed by atoms with van der Waals surface area (Å²) in [7, 11) is 0. The van der Waals surface area contributed by atoms with Crippen molar-refractivity contribution >= 4 is 34.3 Å². The minimum atomic E-state index is -0.806. The molecular formula is C44H37NO2S. The highest BCUT2D eigenvalue weighted by Gasteiger charge is 2.44. The van der Waals surface area contributed by atoms with Crippen LogP contribution >= 0.6 is 11.8 Å². The second kappa shape index (κ2) is 11.4. The van der Waals surface area contributed by atoms with E-state index in [4.69, 9.17) is 9.47 Å². The zero-order chi connectivity index (χ0) is 32.3. The molecule has 0 radical (unpaired) electrons. The lowest BCUT2D eigenvalue weighted by molar-refractivity contribution is 0.122. The first-order valence-electron chi connectivity index (χ1n) is 16.9. The Morgan fingerprint density at radius 2 is 1.27 bits per heavy atom. The standard InChI is InChI=1S/C44H37NO2S/c1-43(2)39-15-9-8-14-37(39)40-35-12-6-7-13-36(35)42-38(41(40)43)24-25-44(47-42,30-16-20-32(21-17-30)45-26-28-46-29-27-45)31-18-22-34(23-19-31)48-33-10-4-3-5-11-33/h3-25H,26-29H2,1-2H3. The molecule has 0 amide bonds. The Bertz CT molecular complexity index is 2180. The number of rotatable bonds is 5. The van der Waals surface area contributed by atoms with Gasteiger partial charge in [-0.05, 0) is 70.1 Å². The molecule has 2 heterocycles. The molecule has 0 saturated carbocycles. The van der Waals surface area contributed by atoms with Gasteiger partial charge in [0.15, 0.2) is 5.60 Å². The van der Waals surface area contributed by atoms with Gasteiger partial charge in [0.25, 0.3) is 0 Å². The van der Waals surface area contributed by atoms with Gasteiger partial charge >= 0.3 is 0 Å². The largest absolute Gasteiger partial charge is 0.472 e. The maximum absolute atomic E-state index is 7.54. The normalized spacial score (nSPS) is 19.0. The number of anilines is 1. The molecule has 1 saturated heterocycles. The summed E-state index contributed by atoms with van der Waals surface area (Å²) in [5, 5.41) is 2.39. The van der Waals surface area contributed by atoms with Gasteiger partial charge in [-0.25, -0.2) is 0 Å². The van der Waals surface area contributed by atoms with Crippen LogP contribution in [0.4, 0.5) is 5.69 Å². The van der Waals surface area contributed by atoms with Crippen LogP contribution in [0.25, 0.3) is 28.0 Å². The third kappa shape index (κ3) is 4.62. The van der Waals surface area contributed by atoms with Crippen molar-refractivity contribution in [2.75, 3.05) is 31.2 Å². The number of benzene rings is 6. The summed E-state index contributed by atoms with van der Waals surface area (Å²) in [4.78, 5) is 4.83. The van der Waals surface area contributed by atoms with Gasteiger partial charge < -0.3 is 14.4 Å². The second-order valence-corrected chi connectivity index (χ2v) is 14.6. The van der Waals surface area contributed by atoms with E-state index in [1.54, 1.807) is 11.8 Å². The van der Waals surface area contributed by atoms with E-state index in [2.05, 4.69) is 158 Å². The molecule has 0 aromatic heterocycles. The first-order valence-corrected chi connectivity index (χ1v) is 17.7. The van der Waals surface area contributed by atoms with Crippen LogP contribution in [0.5, 0.6) is 5.75 Å². The van der Waals surface area contributed by atoms with Crippen LogP contribution in [0.15, 0.2) is 143 Å². The first-order chi connectivity index (χ1) is 23.5. The molecule has 6 aromatic carbocycles. The van der Waals surface area contributed by atoms with Crippen molar-refractivity contribution in [3.63, 3.8) is 0 Å². The van der Waals surface area contributed by atoms with Gasteiger partial charge in [-0.2, -0.15) is 0 Å². The minimum absolute atomic E-state index is 0.163. The first kappa shape index (κ1) is 29.4. The Balaban J connectivity index is 1.21. The topological polar surface area (TPSA) is 21.7 Å². The van der Waals surface area contributed by atoms with Gasteiger partial charge in [-0.3, -0.25) is 0 Å². The van der Waals surface area contributed by atoms with Crippen LogP contribution in [0.3, 0.4) is 0 Å². The quantitative estimate of drug-likeness (QED) is 0.186. The Labute approximate surface area is 286 Å². The van der Waals surface area contributed by atoms with E-state index < -0.39 is 5.60 Å². The number of morpholine rings is 1. The zero-order valence-electron chi connectivity index (χ0n) is 27.3. The SMILES string of the molecule is CC1(C)c2ccccc2-c2c1c1c(c3ccccc23)OC(c2ccc(Sc3ccccc3)cc2)(c2ccc(N3CCOCC3)cc2)C=C1. The maximum Gasteiger partial charge on any atom is 0.178 e. The zero-order valence-corrected chi connectivity index (χ0v) is 28.1. The van der Waals surface area contributed by atoms with E-state index >= 15 is 0 Å². The van der Waals surface area contributed by atoms with E-state index in [0.717, 1.165) is 48.6 Å². The summed E-state index contributed by atoms with van der Waals surface area (Å²) in [5.74, 6) is 0.952. The van der Waals surface area contributed by atoms with E-state index in [1.165, 1.54) is 48.7 Å². The van der Waals surface area contributed by atoms with Crippen LogP contribution in [0.2, 0.25) is 0 Å². The summed E-state index contributed by atoms with van der Waals surface area (Å²) in [6, 6.07) is 46.2. The number of hydrogen-bond acceptors (Lipinski definition) is 4. The molecule has 1 aliphatic carbocycles. The van der Waals surface area contributed by atoms with Crippen LogP contribution in [0, 0.1) is 0 Å². The van der Waals surface area contributed by atoms with Crippen LogP contribution < -0.4 is 9.64 Å². The molecule has 1 fully saturated rings. The molecule has 48 heavy (non-hydrogen) atoms. The van der Waals surface area contributed by atoms with Gasteiger partial charge in [0.1, 0.15) is 5.75 Å². The van der Waals surface area contributed by atoms with Crippen molar-refractivity contribution in [2.45, 2.75) is 34.7 Å². The van der Waals surface area contributed by atoms with Gasteiger partial charge in [-0.1, -0.05) is 123 Å². The number of nitrogens with zero attached hydrogens (tertiary/aromatic N) is 1. The predicted molar refractivity (Wildman–Crippen MR) is 198 cm³/mol. The van der Waals surface area contributed by atoms with Crippen LogP contribution in [-0.4, -0.2) is 26.3 Å². The fraction of sp³-hybridized carbons (Fsp3) is 0.182. The smallest absolute Gasteiger partial charge is 0.178 e.